The van der Waals surface area contributed by atoms with Crippen LogP contribution in [0.5, 0.6) is 5.75 Å². The van der Waals surface area contributed by atoms with Gasteiger partial charge in [0.2, 0.25) is 5.69 Å². The third kappa shape index (κ3) is 3.85. The average molecular weight is 311 g/mol. The summed E-state index contributed by atoms with van der Waals surface area (Å²) in [7, 11) is 1.26. The lowest BCUT2D eigenvalue weighted by Gasteiger charge is -2.06. The molecule has 0 aliphatic carbocycles. The van der Waals surface area contributed by atoms with Gasteiger partial charge in [-0.25, -0.2) is 9.48 Å². The van der Waals surface area contributed by atoms with Crippen LogP contribution >= 0.6 is 11.6 Å². The van der Waals surface area contributed by atoms with Crippen LogP contribution in [0.15, 0.2) is 24.3 Å². The smallest absolute Gasteiger partial charge is 0.362 e. The second-order valence-electron chi connectivity index (χ2n) is 4.19. The summed E-state index contributed by atoms with van der Waals surface area (Å²) in [5, 5.41) is 8.16. The van der Waals surface area contributed by atoms with E-state index in [4.69, 9.17) is 22.1 Å². The maximum atomic E-state index is 11.3. The van der Waals surface area contributed by atoms with Crippen molar-refractivity contribution in [1.29, 1.82) is 0 Å². The number of aromatic nitrogens is 3. The molecule has 1 heterocycles. The average Bonchev–Trinajstić information content (AvgIpc) is 2.86. The summed E-state index contributed by atoms with van der Waals surface area (Å²) in [6.07, 6.45) is 0.663. The van der Waals surface area contributed by atoms with Crippen LogP contribution in [-0.4, -0.2) is 34.7 Å². The summed E-state index contributed by atoms with van der Waals surface area (Å²) < 4.78 is 11.5. The van der Waals surface area contributed by atoms with Crippen molar-refractivity contribution in [3.8, 4) is 5.75 Å². The molecule has 2 N–H and O–H groups in total. The van der Waals surface area contributed by atoms with E-state index in [9.17, 15) is 4.79 Å². The van der Waals surface area contributed by atoms with Gasteiger partial charge in [0.25, 0.3) is 0 Å². The van der Waals surface area contributed by atoms with Gasteiger partial charge in [0, 0.05) is 18.0 Å². The van der Waals surface area contributed by atoms with Crippen LogP contribution in [0.2, 0.25) is 5.02 Å². The molecule has 2 rings (SSSR count). The summed E-state index contributed by atoms with van der Waals surface area (Å²) in [5.74, 6) is 0.325. The molecule has 21 heavy (non-hydrogen) atoms. The minimum Gasteiger partial charge on any atom is -0.494 e. The molecule has 0 fully saturated rings. The number of ether oxygens (including phenoxy) is 2. The molecule has 0 amide bonds. The zero-order chi connectivity index (χ0) is 15.2. The first-order valence-electron chi connectivity index (χ1n) is 6.27. The van der Waals surface area contributed by atoms with Gasteiger partial charge < -0.3 is 15.2 Å². The van der Waals surface area contributed by atoms with Gasteiger partial charge in [-0.2, -0.15) is 0 Å². The second-order valence-corrected chi connectivity index (χ2v) is 4.63. The molecule has 0 saturated carbocycles. The molecule has 0 bridgehead atoms. The molecule has 0 spiro atoms. The SMILES string of the molecule is COC(=O)c1nnn(CCCOc2ccc(Cl)cc2)c1N. The summed E-state index contributed by atoms with van der Waals surface area (Å²) in [6.45, 7) is 0.970. The molecule has 0 saturated heterocycles. The van der Waals surface area contributed by atoms with Gasteiger partial charge in [-0.1, -0.05) is 16.8 Å². The Bertz CT molecular complexity index is 612. The van der Waals surface area contributed by atoms with Crippen molar-refractivity contribution in [2.24, 2.45) is 0 Å². The molecule has 112 valence electrons. The second kappa shape index (κ2) is 6.94. The lowest BCUT2D eigenvalue weighted by atomic mass is 10.3. The van der Waals surface area contributed by atoms with Crippen LogP contribution in [0.25, 0.3) is 0 Å². The molecular weight excluding hydrogens is 296 g/mol. The van der Waals surface area contributed by atoms with Gasteiger partial charge in [0.1, 0.15) is 5.75 Å². The van der Waals surface area contributed by atoms with E-state index in [0.717, 1.165) is 5.75 Å². The van der Waals surface area contributed by atoms with Gasteiger partial charge >= 0.3 is 5.97 Å². The predicted molar refractivity (Wildman–Crippen MR) is 77.3 cm³/mol. The highest BCUT2D eigenvalue weighted by atomic mass is 35.5. The van der Waals surface area contributed by atoms with Crippen LogP contribution in [0.4, 0.5) is 5.82 Å². The Morgan fingerprint density at radius 1 is 1.38 bits per heavy atom. The highest BCUT2D eigenvalue weighted by molar-refractivity contribution is 6.30. The van der Waals surface area contributed by atoms with Gasteiger partial charge in [0.15, 0.2) is 5.82 Å². The molecule has 8 heteroatoms. The van der Waals surface area contributed by atoms with Crippen molar-refractivity contribution in [1.82, 2.24) is 15.0 Å². The number of hydrogen-bond acceptors (Lipinski definition) is 6. The van der Waals surface area contributed by atoms with E-state index >= 15 is 0 Å². The number of nitrogen functional groups attached to an aromatic ring is 1. The summed E-state index contributed by atoms with van der Waals surface area (Å²) in [5.41, 5.74) is 5.80. The minimum atomic E-state index is -0.601. The summed E-state index contributed by atoms with van der Waals surface area (Å²) in [6, 6.07) is 7.10. The number of methoxy groups -OCH3 is 1. The molecule has 2 aromatic rings. The number of anilines is 1. The van der Waals surface area contributed by atoms with Crippen molar-refractivity contribution in [3.05, 3.63) is 35.0 Å². The van der Waals surface area contributed by atoms with Gasteiger partial charge in [-0.05, 0) is 24.3 Å². The molecule has 0 unspecified atom stereocenters. The molecule has 7 nitrogen and oxygen atoms in total. The van der Waals surface area contributed by atoms with E-state index in [0.29, 0.717) is 24.6 Å². The van der Waals surface area contributed by atoms with Gasteiger partial charge in [-0.3, -0.25) is 0 Å². The van der Waals surface area contributed by atoms with Crippen LogP contribution in [0.1, 0.15) is 16.9 Å². The maximum Gasteiger partial charge on any atom is 0.362 e. The Morgan fingerprint density at radius 3 is 2.76 bits per heavy atom. The lowest BCUT2D eigenvalue weighted by molar-refractivity contribution is 0.0595. The monoisotopic (exact) mass is 310 g/mol. The fraction of sp³-hybridized carbons (Fsp3) is 0.308. The Kier molecular flexibility index (Phi) is 4.99. The Morgan fingerprint density at radius 2 is 2.10 bits per heavy atom. The number of benzene rings is 1. The topological polar surface area (TPSA) is 92.3 Å². The summed E-state index contributed by atoms with van der Waals surface area (Å²) >= 11 is 5.78. The quantitative estimate of drug-likeness (QED) is 0.645. The highest BCUT2D eigenvalue weighted by Crippen LogP contribution is 2.16. The number of carbonyl (C=O) groups is 1. The normalized spacial score (nSPS) is 10.4. The molecule has 0 radical (unpaired) electrons. The predicted octanol–water partition coefficient (Wildman–Crippen LogP) is 1.77. The van der Waals surface area contributed by atoms with E-state index < -0.39 is 5.97 Å². The van der Waals surface area contributed by atoms with Crippen molar-refractivity contribution in [2.75, 3.05) is 19.5 Å². The number of rotatable bonds is 6. The fourth-order valence-electron chi connectivity index (χ4n) is 1.66. The lowest BCUT2D eigenvalue weighted by Crippen LogP contribution is -2.10. The zero-order valence-corrected chi connectivity index (χ0v) is 12.2. The Labute approximate surface area is 126 Å². The van der Waals surface area contributed by atoms with Crippen LogP contribution in [0.3, 0.4) is 0 Å². The number of carbonyl (C=O) groups excluding carboxylic acids is 1. The molecule has 1 aromatic carbocycles. The first-order valence-corrected chi connectivity index (χ1v) is 6.65. The molecule has 0 atom stereocenters. The Balaban J connectivity index is 1.82. The minimum absolute atomic E-state index is 0.0242. The number of hydrogen-bond donors (Lipinski definition) is 1. The fourth-order valence-corrected chi connectivity index (χ4v) is 1.79. The number of nitrogens with zero attached hydrogens (tertiary/aromatic N) is 3. The van der Waals surface area contributed by atoms with Crippen LogP contribution in [0, 0.1) is 0 Å². The maximum absolute atomic E-state index is 11.3. The number of nitrogens with two attached hydrogens (primary N) is 1. The standard InChI is InChI=1S/C13H15ClN4O3/c1-20-13(19)11-12(15)18(17-16-11)7-2-8-21-10-5-3-9(14)4-6-10/h3-6H,2,7-8,15H2,1H3. The number of esters is 1. The van der Waals surface area contributed by atoms with Crippen molar-refractivity contribution < 1.29 is 14.3 Å². The highest BCUT2D eigenvalue weighted by Gasteiger charge is 2.17. The molecular formula is C13H15ClN4O3. The van der Waals surface area contributed by atoms with Crippen molar-refractivity contribution in [3.63, 3.8) is 0 Å². The number of halogens is 1. The number of aryl methyl sites for hydroxylation is 1. The van der Waals surface area contributed by atoms with E-state index in [1.54, 1.807) is 24.3 Å². The largest absolute Gasteiger partial charge is 0.494 e. The van der Waals surface area contributed by atoms with E-state index in [1.807, 2.05) is 0 Å². The summed E-state index contributed by atoms with van der Waals surface area (Å²) in [4.78, 5) is 11.3. The van der Waals surface area contributed by atoms with Gasteiger partial charge in [0.05, 0.1) is 13.7 Å². The zero-order valence-electron chi connectivity index (χ0n) is 11.5. The third-order valence-electron chi connectivity index (χ3n) is 2.75. The first-order chi connectivity index (χ1) is 10.1. The molecule has 1 aromatic heterocycles. The van der Waals surface area contributed by atoms with Crippen LogP contribution in [-0.2, 0) is 11.3 Å². The van der Waals surface area contributed by atoms with Gasteiger partial charge in [-0.15, -0.1) is 5.10 Å². The van der Waals surface area contributed by atoms with E-state index in [-0.39, 0.29) is 11.5 Å². The third-order valence-corrected chi connectivity index (χ3v) is 3.00. The van der Waals surface area contributed by atoms with Crippen molar-refractivity contribution >= 4 is 23.4 Å². The van der Waals surface area contributed by atoms with Crippen molar-refractivity contribution in [2.45, 2.75) is 13.0 Å². The Hall–Kier alpha value is -2.28. The molecule has 0 aliphatic heterocycles. The van der Waals surface area contributed by atoms with E-state index in [2.05, 4.69) is 15.0 Å². The van der Waals surface area contributed by atoms with Crippen LogP contribution < -0.4 is 10.5 Å². The van der Waals surface area contributed by atoms with E-state index in [1.165, 1.54) is 11.8 Å². The molecule has 0 aliphatic rings. The first kappa shape index (κ1) is 15.1.